The van der Waals surface area contributed by atoms with Gasteiger partial charge < -0.3 is 0 Å². The van der Waals surface area contributed by atoms with Crippen molar-refractivity contribution in [2.75, 3.05) is 0 Å². The van der Waals surface area contributed by atoms with E-state index in [-0.39, 0.29) is 0 Å². The van der Waals surface area contributed by atoms with Crippen LogP contribution in [0.4, 0.5) is 0 Å². The fraction of sp³-hybridized carbons (Fsp3) is 0. The van der Waals surface area contributed by atoms with Gasteiger partial charge in [0.1, 0.15) is 0 Å². The van der Waals surface area contributed by atoms with Crippen LogP contribution in [0.25, 0.3) is 0 Å². The zero-order valence-electron chi connectivity index (χ0n) is 2.01. The Morgan fingerprint density at radius 3 is 0.800 bits per heavy atom. The molecule has 0 spiro atoms. The van der Waals surface area contributed by atoms with Gasteiger partial charge in [0.2, 0.25) is 0 Å². The minimum atomic E-state index is -5.62. The van der Waals surface area contributed by atoms with Gasteiger partial charge in [-0.3, -0.25) is 0 Å². The Bertz CT molecular complexity index is 155. The van der Waals surface area contributed by atoms with Crippen LogP contribution in [0, 0.1) is 0 Å². The van der Waals surface area contributed by atoms with Gasteiger partial charge >= 0.3 is 27.9 Å². The van der Waals surface area contributed by atoms with E-state index in [1.54, 1.807) is 0 Å². The van der Waals surface area contributed by atoms with E-state index in [4.69, 9.17) is 15.3 Å². The molecule has 0 amide bonds. The van der Waals surface area contributed by atoms with E-state index in [1.165, 1.54) is 0 Å². The molecule has 0 aromatic rings. The van der Waals surface area contributed by atoms with Gasteiger partial charge in [-0.15, -0.1) is 0 Å². The van der Waals surface area contributed by atoms with Crippen LogP contribution >= 0.6 is 0 Å². The molecule has 0 N–H and O–H groups in total. The molecule has 0 bridgehead atoms. The van der Waals surface area contributed by atoms with Crippen LogP contribution in [0.3, 0.4) is 0 Å². The first-order valence-corrected chi connectivity index (χ1v) is 2.54. The summed E-state index contributed by atoms with van der Waals surface area (Å²) < 4.78 is 34.3. The van der Waals surface area contributed by atoms with Crippen LogP contribution in [0.1, 0.15) is 0 Å². The normalized spacial score (nSPS) is 11.2. The second-order valence-corrected chi connectivity index (χ2v) is 1.56. The molecule has 0 saturated carbocycles. The van der Waals surface area contributed by atoms with E-state index in [0.717, 1.165) is 0 Å². The van der Waals surface area contributed by atoms with Gasteiger partial charge in [0, 0.05) is 0 Å². The van der Waals surface area contributed by atoms with Crippen molar-refractivity contribution in [3.63, 3.8) is 0 Å². The first-order chi connectivity index (χ1) is 2.00. The molecule has 0 aliphatic heterocycles. The van der Waals surface area contributed by atoms with Crippen LogP contribution in [0.5, 0.6) is 0 Å². The summed E-state index contributed by atoms with van der Waals surface area (Å²) in [6, 6.07) is 0. The third kappa shape index (κ3) is 140. The van der Waals surface area contributed by atoms with Crippen molar-refractivity contribution >= 4 is 0 Å². The molecule has 0 fully saturated rings. The van der Waals surface area contributed by atoms with Gasteiger partial charge in [0.15, 0.2) is 0 Å². The van der Waals surface area contributed by atoms with Gasteiger partial charge in [-0.1, -0.05) is 0 Å². The molecule has 0 radical (unpaired) electrons. The number of hydrogen-bond donors (Lipinski definition) is 0. The zero-order valence-corrected chi connectivity index (χ0v) is 3.19. The molecule has 0 heterocycles. The predicted molar refractivity (Wildman–Crippen MR) is 2.75 cm³/mol. The first kappa shape index (κ1) is 4.72. The van der Waals surface area contributed by atoms with Crippen LogP contribution in [0.2, 0.25) is 0 Å². The van der Waals surface area contributed by atoms with E-state index in [0.29, 0.717) is 0 Å². The topological polar surface area (TPSA) is 68.3 Å². The summed E-state index contributed by atoms with van der Waals surface area (Å²) in [6.07, 6.45) is 0. The Morgan fingerprint density at radius 1 is 0.800 bits per heavy atom. The maximum atomic E-state index is 8.58. The molecule has 31 valence electrons. The number of hydrogen-bond acceptors (Lipinski definition) is 4. The quantitative estimate of drug-likeness (QED) is 0.404. The van der Waals surface area contributed by atoms with Crippen molar-refractivity contribution < 1.29 is 27.9 Å². The monoisotopic (exact) mass is 119 g/mol. The molecule has 0 unspecified atom stereocenters. The van der Waals surface area contributed by atoms with Crippen LogP contribution < -0.4 is 0 Å². The molecule has 0 aliphatic carbocycles. The molecule has 0 rings (SSSR count). The Labute approximate surface area is 28.8 Å². The van der Waals surface area contributed by atoms with E-state index in [1.807, 2.05) is 0 Å². The van der Waals surface area contributed by atoms with Crippen molar-refractivity contribution in [3.8, 4) is 0 Å². The summed E-state index contributed by atoms with van der Waals surface area (Å²) in [4.78, 5) is 0. The Morgan fingerprint density at radius 2 is 0.800 bits per heavy atom. The van der Waals surface area contributed by atoms with Crippen LogP contribution in [-0.2, 0) is 27.9 Å². The summed E-state index contributed by atoms with van der Waals surface area (Å²) >= 11 is -5.62. The second kappa shape index (κ2) is 0.841. The van der Waals surface area contributed by atoms with Crippen molar-refractivity contribution in [2.45, 2.75) is 0 Å². The van der Waals surface area contributed by atoms with E-state index < -0.39 is 12.6 Å². The molecule has 5 heavy (non-hydrogen) atoms. The average molecular weight is 119 g/mol. The molecule has 5 heteroatoms. The van der Waals surface area contributed by atoms with Gasteiger partial charge in [-0.2, -0.15) is 0 Å². The molecule has 0 atom stereocenters. The Kier molecular flexibility index (Phi) is 0.794. The number of rotatable bonds is 0. The van der Waals surface area contributed by atoms with E-state index in [2.05, 4.69) is 0 Å². The SMILES string of the molecule is [O]=[Mn](=[O])(=[O])=[O]. The van der Waals surface area contributed by atoms with Crippen molar-refractivity contribution in [1.29, 1.82) is 0 Å². The van der Waals surface area contributed by atoms with Gasteiger partial charge in [-0.25, -0.2) is 0 Å². The molecular formula is MnO4. The molecule has 4 nitrogen and oxygen atoms in total. The van der Waals surface area contributed by atoms with Crippen molar-refractivity contribution in [3.05, 3.63) is 0 Å². The van der Waals surface area contributed by atoms with Crippen LogP contribution in [-0.4, -0.2) is 0 Å². The summed E-state index contributed by atoms with van der Waals surface area (Å²) in [5.74, 6) is 0. The molecule has 0 aliphatic rings. The maximum absolute atomic E-state index is 8.58. The summed E-state index contributed by atoms with van der Waals surface area (Å²) in [7, 11) is 0. The fourth-order valence-electron chi connectivity index (χ4n) is 0. The minimum absolute atomic E-state index is 5.62. The molecule has 0 aromatic carbocycles. The third-order valence-corrected chi connectivity index (χ3v) is 0. The standard InChI is InChI=1S/Mn.4O. The average Bonchev–Trinajstić information content (AvgIpc) is 0.722. The second-order valence-electron chi connectivity index (χ2n) is 0.378. The molecule has 0 aromatic heterocycles. The molecule has 0 saturated heterocycles. The Hall–Kier alpha value is -0.281. The summed E-state index contributed by atoms with van der Waals surface area (Å²) in [5.41, 5.74) is 0. The summed E-state index contributed by atoms with van der Waals surface area (Å²) in [5, 5.41) is 0. The van der Waals surface area contributed by atoms with E-state index >= 15 is 0 Å². The van der Waals surface area contributed by atoms with Gasteiger partial charge in [-0.05, 0) is 0 Å². The third-order valence-electron chi connectivity index (χ3n) is 0. The van der Waals surface area contributed by atoms with Crippen LogP contribution in [0.15, 0.2) is 0 Å². The van der Waals surface area contributed by atoms with E-state index in [9.17, 15) is 0 Å². The fourth-order valence-corrected chi connectivity index (χ4v) is 0. The predicted octanol–water partition coefficient (Wildman–Crippen LogP) is -0.478. The van der Waals surface area contributed by atoms with Crippen molar-refractivity contribution in [2.24, 2.45) is 0 Å². The Balaban J connectivity index is 6.05. The molecular weight excluding hydrogens is 119 g/mol. The van der Waals surface area contributed by atoms with Gasteiger partial charge in [0.05, 0.1) is 0 Å². The summed E-state index contributed by atoms with van der Waals surface area (Å²) in [6.45, 7) is 0. The van der Waals surface area contributed by atoms with Gasteiger partial charge in [0.25, 0.3) is 0 Å². The first-order valence-electron chi connectivity index (χ1n) is 0.617. The zero-order chi connectivity index (χ0) is 4.50. The van der Waals surface area contributed by atoms with Crippen molar-refractivity contribution in [1.82, 2.24) is 0 Å².